The van der Waals surface area contributed by atoms with Gasteiger partial charge in [-0.05, 0) is 56.2 Å². The van der Waals surface area contributed by atoms with Gasteiger partial charge in [-0.3, -0.25) is 0 Å². The number of ether oxygens (including phenoxy) is 1. The van der Waals surface area contributed by atoms with E-state index in [9.17, 15) is 0 Å². The van der Waals surface area contributed by atoms with Crippen LogP contribution in [0.25, 0.3) is 0 Å². The Balaban J connectivity index is 2.14. The summed E-state index contributed by atoms with van der Waals surface area (Å²) < 4.78 is 5.49. The van der Waals surface area contributed by atoms with Crippen molar-refractivity contribution in [3.05, 3.63) is 53.1 Å². The van der Waals surface area contributed by atoms with Crippen molar-refractivity contribution in [1.82, 2.24) is 0 Å². The summed E-state index contributed by atoms with van der Waals surface area (Å²) in [7, 11) is 0. The standard InChI is InChI=1S/C17H21NOS/c1-12-10-13(2)17(14(3)11-12)20-16-6-4-15(5-7-16)19-9-8-18/h4-7,10-11H,8-9,18H2,1-3H3. The molecule has 0 aliphatic heterocycles. The third-order valence-electron chi connectivity index (χ3n) is 3.03. The highest BCUT2D eigenvalue weighted by molar-refractivity contribution is 7.99. The maximum absolute atomic E-state index is 5.49. The van der Waals surface area contributed by atoms with Crippen molar-refractivity contribution in [2.75, 3.05) is 13.2 Å². The first kappa shape index (κ1) is 14.9. The summed E-state index contributed by atoms with van der Waals surface area (Å²) >= 11 is 1.80. The Morgan fingerprint density at radius 2 is 1.60 bits per heavy atom. The number of aryl methyl sites for hydroxylation is 3. The molecule has 0 aliphatic rings. The molecule has 2 rings (SSSR count). The van der Waals surface area contributed by atoms with E-state index in [1.165, 1.54) is 26.5 Å². The van der Waals surface area contributed by atoms with Gasteiger partial charge < -0.3 is 10.5 Å². The monoisotopic (exact) mass is 287 g/mol. The number of hydrogen-bond acceptors (Lipinski definition) is 3. The predicted molar refractivity (Wildman–Crippen MR) is 85.8 cm³/mol. The van der Waals surface area contributed by atoms with Gasteiger partial charge in [0, 0.05) is 16.3 Å². The second-order valence-electron chi connectivity index (χ2n) is 4.94. The molecule has 2 nitrogen and oxygen atoms in total. The zero-order valence-electron chi connectivity index (χ0n) is 12.3. The maximum Gasteiger partial charge on any atom is 0.119 e. The number of nitrogens with two attached hydrogens (primary N) is 1. The topological polar surface area (TPSA) is 35.2 Å². The van der Waals surface area contributed by atoms with E-state index in [2.05, 4.69) is 45.0 Å². The Morgan fingerprint density at radius 1 is 1.00 bits per heavy atom. The molecule has 3 heteroatoms. The van der Waals surface area contributed by atoms with E-state index < -0.39 is 0 Å². The third-order valence-corrected chi connectivity index (χ3v) is 4.39. The van der Waals surface area contributed by atoms with E-state index in [1.807, 2.05) is 12.1 Å². The maximum atomic E-state index is 5.49. The van der Waals surface area contributed by atoms with Crippen LogP contribution in [0.3, 0.4) is 0 Å². The highest BCUT2D eigenvalue weighted by Gasteiger charge is 2.06. The van der Waals surface area contributed by atoms with E-state index in [0.717, 1.165) is 5.75 Å². The van der Waals surface area contributed by atoms with Gasteiger partial charge in [0.05, 0.1) is 0 Å². The van der Waals surface area contributed by atoms with E-state index in [0.29, 0.717) is 13.2 Å². The first-order valence-corrected chi connectivity index (χ1v) is 7.60. The summed E-state index contributed by atoms with van der Waals surface area (Å²) in [5.41, 5.74) is 9.40. The molecule has 2 aromatic carbocycles. The van der Waals surface area contributed by atoms with Gasteiger partial charge in [-0.2, -0.15) is 0 Å². The molecule has 0 saturated carbocycles. The molecule has 2 aromatic rings. The van der Waals surface area contributed by atoms with E-state index >= 15 is 0 Å². The Hall–Kier alpha value is -1.45. The Labute approximate surface area is 125 Å². The van der Waals surface area contributed by atoms with Gasteiger partial charge >= 0.3 is 0 Å². The molecule has 106 valence electrons. The van der Waals surface area contributed by atoms with Crippen molar-refractivity contribution in [2.24, 2.45) is 5.73 Å². The molecule has 0 bridgehead atoms. The minimum absolute atomic E-state index is 0.540. The zero-order chi connectivity index (χ0) is 14.5. The molecular weight excluding hydrogens is 266 g/mol. The summed E-state index contributed by atoms with van der Waals surface area (Å²) in [6.07, 6.45) is 0. The van der Waals surface area contributed by atoms with E-state index in [4.69, 9.17) is 10.5 Å². The number of rotatable bonds is 5. The van der Waals surface area contributed by atoms with Crippen LogP contribution in [0.1, 0.15) is 16.7 Å². The van der Waals surface area contributed by atoms with Crippen LogP contribution in [0.4, 0.5) is 0 Å². The Kier molecular flexibility index (Phi) is 5.10. The van der Waals surface area contributed by atoms with Crippen LogP contribution in [0.15, 0.2) is 46.2 Å². The first-order valence-electron chi connectivity index (χ1n) is 6.79. The molecule has 20 heavy (non-hydrogen) atoms. The minimum Gasteiger partial charge on any atom is -0.492 e. The fourth-order valence-electron chi connectivity index (χ4n) is 2.23. The summed E-state index contributed by atoms with van der Waals surface area (Å²) in [4.78, 5) is 2.56. The molecular formula is C17H21NOS. The number of hydrogen-bond donors (Lipinski definition) is 1. The second-order valence-corrected chi connectivity index (χ2v) is 6.02. The summed E-state index contributed by atoms with van der Waals surface area (Å²) in [5.74, 6) is 0.872. The van der Waals surface area contributed by atoms with Crippen molar-refractivity contribution >= 4 is 11.8 Å². The molecule has 0 unspecified atom stereocenters. The fourth-order valence-corrected chi connectivity index (χ4v) is 3.17. The van der Waals surface area contributed by atoms with Crippen LogP contribution in [0.2, 0.25) is 0 Å². The molecule has 0 heterocycles. The Bertz CT molecular complexity index is 555. The molecule has 0 atom stereocenters. The highest BCUT2D eigenvalue weighted by Crippen LogP contribution is 2.34. The summed E-state index contributed by atoms with van der Waals surface area (Å²) in [6, 6.07) is 12.6. The molecule has 0 aliphatic carbocycles. The molecule has 0 amide bonds. The largest absolute Gasteiger partial charge is 0.492 e. The zero-order valence-corrected chi connectivity index (χ0v) is 13.1. The van der Waals surface area contributed by atoms with Crippen molar-refractivity contribution in [3.8, 4) is 5.75 Å². The quantitative estimate of drug-likeness (QED) is 0.899. The van der Waals surface area contributed by atoms with Gasteiger partial charge in [-0.1, -0.05) is 29.5 Å². The average Bonchev–Trinajstić information content (AvgIpc) is 2.42. The Morgan fingerprint density at radius 3 is 2.15 bits per heavy atom. The van der Waals surface area contributed by atoms with Crippen LogP contribution >= 0.6 is 11.8 Å². The van der Waals surface area contributed by atoms with Gasteiger partial charge in [-0.25, -0.2) is 0 Å². The predicted octanol–water partition coefficient (Wildman–Crippen LogP) is 4.10. The average molecular weight is 287 g/mol. The summed E-state index contributed by atoms with van der Waals surface area (Å²) in [5, 5.41) is 0. The normalized spacial score (nSPS) is 10.6. The van der Waals surface area contributed by atoms with Gasteiger partial charge in [0.25, 0.3) is 0 Å². The smallest absolute Gasteiger partial charge is 0.119 e. The van der Waals surface area contributed by atoms with Crippen molar-refractivity contribution in [1.29, 1.82) is 0 Å². The lowest BCUT2D eigenvalue weighted by Crippen LogP contribution is -2.10. The highest BCUT2D eigenvalue weighted by atomic mass is 32.2. The van der Waals surface area contributed by atoms with Crippen molar-refractivity contribution in [2.45, 2.75) is 30.6 Å². The van der Waals surface area contributed by atoms with Crippen LogP contribution in [-0.2, 0) is 0 Å². The lowest BCUT2D eigenvalue weighted by molar-refractivity contribution is 0.328. The first-order chi connectivity index (χ1) is 9.60. The van der Waals surface area contributed by atoms with Gasteiger partial charge in [0.1, 0.15) is 12.4 Å². The van der Waals surface area contributed by atoms with Gasteiger partial charge in [-0.15, -0.1) is 0 Å². The molecule has 0 aromatic heterocycles. The van der Waals surface area contributed by atoms with Crippen LogP contribution in [0, 0.1) is 20.8 Å². The summed E-state index contributed by atoms with van der Waals surface area (Å²) in [6.45, 7) is 7.57. The van der Waals surface area contributed by atoms with Crippen LogP contribution in [-0.4, -0.2) is 13.2 Å². The minimum atomic E-state index is 0.540. The van der Waals surface area contributed by atoms with Gasteiger partial charge in [0.15, 0.2) is 0 Å². The SMILES string of the molecule is Cc1cc(C)c(Sc2ccc(OCCN)cc2)c(C)c1. The van der Waals surface area contributed by atoms with E-state index in [-0.39, 0.29) is 0 Å². The van der Waals surface area contributed by atoms with Gasteiger partial charge in [0.2, 0.25) is 0 Å². The van der Waals surface area contributed by atoms with Crippen molar-refractivity contribution < 1.29 is 4.74 Å². The third kappa shape index (κ3) is 3.78. The van der Waals surface area contributed by atoms with Crippen LogP contribution < -0.4 is 10.5 Å². The molecule has 0 fully saturated rings. The lowest BCUT2D eigenvalue weighted by Gasteiger charge is -2.11. The van der Waals surface area contributed by atoms with Crippen molar-refractivity contribution in [3.63, 3.8) is 0 Å². The van der Waals surface area contributed by atoms with Crippen LogP contribution in [0.5, 0.6) is 5.75 Å². The molecule has 0 radical (unpaired) electrons. The molecule has 0 spiro atoms. The molecule has 0 saturated heterocycles. The second kappa shape index (κ2) is 6.82. The molecule has 2 N–H and O–H groups in total. The number of benzene rings is 2. The van der Waals surface area contributed by atoms with E-state index in [1.54, 1.807) is 11.8 Å². The lowest BCUT2D eigenvalue weighted by atomic mass is 10.1. The fraction of sp³-hybridized carbons (Fsp3) is 0.294.